The summed E-state index contributed by atoms with van der Waals surface area (Å²) < 4.78 is 5.47. The Balaban J connectivity index is 1.47. The first-order valence-electron chi connectivity index (χ1n) is 7.99. The molecule has 27 heavy (non-hydrogen) atoms. The second-order valence-electron chi connectivity index (χ2n) is 5.63. The van der Waals surface area contributed by atoms with Crippen molar-refractivity contribution in [2.24, 2.45) is 5.73 Å². The molecular weight excluding hydrogens is 386 g/mol. The highest BCUT2D eigenvalue weighted by molar-refractivity contribution is 7.99. The Kier molecular flexibility index (Phi) is 6.16. The van der Waals surface area contributed by atoms with E-state index < -0.39 is 5.91 Å². The molecule has 0 radical (unpaired) electrons. The van der Waals surface area contributed by atoms with Gasteiger partial charge in [0, 0.05) is 27.6 Å². The van der Waals surface area contributed by atoms with Gasteiger partial charge in [-0.05, 0) is 48.5 Å². The number of nitrogens with one attached hydrogen (secondary N) is 1. The minimum absolute atomic E-state index is 0.145. The number of hydrogen-bond acceptors (Lipinski definition) is 5. The number of thioether (sulfide) groups is 1. The van der Waals surface area contributed by atoms with Gasteiger partial charge in [-0.3, -0.25) is 9.59 Å². The summed E-state index contributed by atoms with van der Waals surface area (Å²) in [7, 11) is 0. The zero-order valence-corrected chi connectivity index (χ0v) is 15.7. The number of carbonyl (C=O) groups excluding carboxylic acids is 2. The van der Waals surface area contributed by atoms with Crippen LogP contribution in [0.4, 0.5) is 5.69 Å². The molecule has 0 fully saturated rings. The van der Waals surface area contributed by atoms with Crippen LogP contribution < -0.4 is 11.1 Å². The van der Waals surface area contributed by atoms with E-state index in [2.05, 4.69) is 10.3 Å². The smallest absolute Gasteiger partial charge is 0.248 e. The lowest BCUT2D eigenvalue weighted by molar-refractivity contribution is -0.113. The minimum Gasteiger partial charge on any atom is -0.444 e. The largest absolute Gasteiger partial charge is 0.444 e. The molecule has 6 nitrogen and oxygen atoms in total. The average molecular weight is 402 g/mol. The summed E-state index contributed by atoms with van der Waals surface area (Å²) >= 11 is 7.29. The van der Waals surface area contributed by atoms with Crippen molar-refractivity contribution < 1.29 is 14.0 Å². The summed E-state index contributed by atoms with van der Waals surface area (Å²) in [6.07, 6.45) is 1.58. The number of carbonyl (C=O) groups is 2. The highest BCUT2D eigenvalue weighted by Crippen LogP contribution is 2.22. The maximum Gasteiger partial charge on any atom is 0.248 e. The summed E-state index contributed by atoms with van der Waals surface area (Å²) in [6.45, 7) is 0. The minimum atomic E-state index is -0.506. The number of amides is 2. The highest BCUT2D eigenvalue weighted by atomic mass is 35.5. The molecule has 3 N–H and O–H groups in total. The molecule has 1 aromatic heterocycles. The van der Waals surface area contributed by atoms with Crippen LogP contribution in [-0.4, -0.2) is 22.6 Å². The van der Waals surface area contributed by atoms with Gasteiger partial charge in [0.1, 0.15) is 6.26 Å². The van der Waals surface area contributed by atoms with Crippen molar-refractivity contribution in [3.63, 3.8) is 0 Å². The van der Waals surface area contributed by atoms with Crippen LogP contribution in [0, 0.1) is 0 Å². The molecule has 2 amide bonds. The summed E-state index contributed by atoms with van der Waals surface area (Å²) in [6, 6.07) is 13.6. The maximum atomic E-state index is 12.0. The summed E-state index contributed by atoms with van der Waals surface area (Å²) in [4.78, 5) is 27.4. The van der Waals surface area contributed by atoms with Crippen molar-refractivity contribution in [1.82, 2.24) is 4.98 Å². The van der Waals surface area contributed by atoms with Gasteiger partial charge in [-0.2, -0.15) is 0 Å². The normalized spacial score (nSPS) is 10.6. The third kappa shape index (κ3) is 5.35. The molecule has 0 unspecified atom stereocenters. The third-order valence-corrected chi connectivity index (χ3v) is 4.80. The first kappa shape index (κ1) is 19.0. The predicted molar refractivity (Wildman–Crippen MR) is 107 cm³/mol. The fraction of sp³-hybridized carbons (Fsp3) is 0.105. The second kappa shape index (κ2) is 8.75. The van der Waals surface area contributed by atoms with E-state index in [-0.39, 0.29) is 11.7 Å². The van der Waals surface area contributed by atoms with Crippen molar-refractivity contribution in [2.75, 3.05) is 11.1 Å². The van der Waals surface area contributed by atoms with Crippen LogP contribution in [0.2, 0.25) is 5.02 Å². The van der Waals surface area contributed by atoms with Gasteiger partial charge >= 0.3 is 0 Å². The Morgan fingerprint density at radius 1 is 1.11 bits per heavy atom. The molecule has 2 aromatic carbocycles. The Morgan fingerprint density at radius 3 is 2.48 bits per heavy atom. The number of anilines is 1. The van der Waals surface area contributed by atoms with Crippen LogP contribution in [0.25, 0.3) is 11.5 Å². The Hall–Kier alpha value is -2.77. The molecule has 0 saturated heterocycles. The van der Waals surface area contributed by atoms with Gasteiger partial charge in [0.25, 0.3) is 0 Å². The van der Waals surface area contributed by atoms with Crippen LogP contribution in [0.1, 0.15) is 16.1 Å². The monoisotopic (exact) mass is 401 g/mol. The zero-order valence-electron chi connectivity index (χ0n) is 14.1. The summed E-state index contributed by atoms with van der Waals surface area (Å²) in [5.74, 6) is 0.676. The standard InChI is InChI=1S/C19H16ClN3O3S/c20-14-5-1-13(2-6-14)19-23-16(9-26-19)10-27-11-17(24)22-15-7-3-12(4-8-15)18(21)25/h1-9H,10-11H2,(H2,21,25)(H,22,24). The molecule has 1 heterocycles. The van der Waals surface area contributed by atoms with Gasteiger partial charge in [0.15, 0.2) is 0 Å². The van der Waals surface area contributed by atoms with Crippen LogP contribution in [0.15, 0.2) is 59.2 Å². The lowest BCUT2D eigenvalue weighted by atomic mass is 10.2. The zero-order chi connectivity index (χ0) is 19.2. The quantitative estimate of drug-likeness (QED) is 0.624. The molecule has 3 aromatic rings. The average Bonchev–Trinajstić information content (AvgIpc) is 3.11. The van der Waals surface area contributed by atoms with Gasteiger partial charge < -0.3 is 15.5 Å². The number of primary amides is 1. The topological polar surface area (TPSA) is 98.2 Å². The molecule has 0 aliphatic heterocycles. The van der Waals surface area contributed by atoms with Crippen molar-refractivity contribution in [3.05, 3.63) is 71.1 Å². The van der Waals surface area contributed by atoms with Gasteiger partial charge in [-0.25, -0.2) is 4.98 Å². The van der Waals surface area contributed by atoms with Gasteiger partial charge in [-0.15, -0.1) is 11.8 Å². The second-order valence-corrected chi connectivity index (χ2v) is 7.06. The first-order chi connectivity index (χ1) is 13.0. The molecule has 0 aliphatic rings. The van der Waals surface area contributed by atoms with E-state index in [0.29, 0.717) is 27.9 Å². The van der Waals surface area contributed by atoms with E-state index in [1.165, 1.54) is 11.8 Å². The van der Waals surface area contributed by atoms with E-state index in [0.717, 1.165) is 11.3 Å². The lowest BCUT2D eigenvalue weighted by Gasteiger charge is -2.05. The number of aromatic nitrogens is 1. The SMILES string of the molecule is NC(=O)c1ccc(NC(=O)CSCc2coc(-c3ccc(Cl)cc3)n2)cc1. The van der Waals surface area contributed by atoms with Crippen LogP contribution >= 0.6 is 23.4 Å². The van der Waals surface area contributed by atoms with Gasteiger partial charge in [0.05, 0.1) is 11.4 Å². The van der Waals surface area contributed by atoms with E-state index >= 15 is 0 Å². The van der Waals surface area contributed by atoms with Gasteiger partial charge in [-0.1, -0.05) is 11.6 Å². The molecule has 0 atom stereocenters. The van der Waals surface area contributed by atoms with E-state index in [1.807, 2.05) is 12.1 Å². The summed E-state index contributed by atoms with van der Waals surface area (Å²) in [5.41, 5.74) is 7.78. The Morgan fingerprint density at radius 2 is 1.81 bits per heavy atom. The lowest BCUT2D eigenvalue weighted by Crippen LogP contribution is -2.15. The first-order valence-corrected chi connectivity index (χ1v) is 9.52. The third-order valence-electron chi connectivity index (χ3n) is 3.58. The number of nitrogens with two attached hydrogens (primary N) is 1. The molecular formula is C19H16ClN3O3S. The van der Waals surface area contributed by atoms with E-state index in [9.17, 15) is 9.59 Å². The van der Waals surface area contributed by atoms with Crippen molar-refractivity contribution in [2.45, 2.75) is 5.75 Å². The Bertz CT molecular complexity index is 940. The molecule has 0 spiro atoms. The van der Waals surface area contributed by atoms with Gasteiger partial charge in [0.2, 0.25) is 17.7 Å². The number of rotatable bonds is 7. The van der Waals surface area contributed by atoms with E-state index in [4.69, 9.17) is 21.8 Å². The number of nitrogens with zero attached hydrogens (tertiary/aromatic N) is 1. The van der Waals surface area contributed by atoms with Crippen molar-refractivity contribution in [1.29, 1.82) is 0 Å². The highest BCUT2D eigenvalue weighted by Gasteiger charge is 2.09. The summed E-state index contributed by atoms with van der Waals surface area (Å²) in [5, 5.41) is 3.41. The van der Waals surface area contributed by atoms with Crippen molar-refractivity contribution in [3.8, 4) is 11.5 Å². The number of benzene rings is 2. The molecule has 0 saturated carbocycles. The molecule has 138 valence electrons. The van der Waals surface area contributed by atoms with Crippen molar-refractivity contribution >= 4 is 40.9 Å². The fourth-order valence-corrected chi connectivity index (χ4v) is 3.09. The fourth-order valence-electron chi connectivity index (χ4n) is 2.26. The molecule has 0 aliphatic carbocycles. The van der Waals surface area contributed by atoms with Crippen LogP contribution in [0.3, 0.4) is 0 Å². The van der Waals surface area contributed by atoms with Crippen LogP contribution in [-0.2, 0) is 10.5 Å². The number of hydrogen-bond donors (Lipinski definition) is 2. The van der Waals surface area contributed by atoms with Crippen LogP contribution in [0.5, 0.6) is 0 Å². The Labute approximate surface area is 165 Å². The molecule has 0 bridgehead atoms. The molecule has 8 heteroatoms. The maximum absolute atomic E-state index is 12.0. The number of oxazole rings is 1. The molecule has 3 rings (SSSR count). The number of halogens is 1. The predicted octanol–water partition coefficient (Wildman–Crippen LogP) is 3.97. The van der Waals surface area contributed by atoms with E-state index in [1.54, 1.807) is 42.7 Å².